The van der Waals surface area contributed by atoms with E-state index in [0.717, 1.165) is 52.3 Å². The van der Waals surface area contributed by atoms with Crippen LogP contribution in [0.15, 0.2) is 41.4 Å². The highest BCUT2D eigenvalue weighted by molar-refractivity contribution is 7.16. The zero-order valence-electron chi connectivity index (χ0n) is 15.6. The highest BCUT2D eigenvalue weighted by atomic mass is 32.1. The first-order chi connectivity index (χ1) is 14.5. The zero-order valence-corrected chi connectivity index (χ0v) is 16.4. The van der Waals surface area contributed by atoms with Crippen LogP contribution in [0.4, 0.5) is 22.0 Å². The maximum Gasteiger partial charge on any atom is 0.573 e. The number of aromatic nitrogens is 1. The molecule has 6 nitrogen and oxygen atoms in total. The Morgan fingerprint density at radius 1 is 1.16 bits per heavy atom. The second kappa shape index (κ2) is 8.46. The van der Waals surface area contributed by atoms with Crippen molar-refractivity contribution in [1.82, 2.24) is 4.57 Å². The van der Waals surface area contributed by atoms with Gasteiger partial charge < -0.3 is 14.4 Å². The van der Waals surface area contributed by atoms with Crippen LogP contribution in [0.2, 0.25) is 0 Å². The van der Waals surface area contributed by atoms with Crippen molar-refractivity contribution in [3.8, 4) is 5.75 Å². The summed E-state index contributed by atoms with van der Waals surface area (Å²) in [7, 11) is 0. The lowest BCUT2D eigenvalue weighted by atomic mass is 10.2. The van der Waals surface area contributed by atoms with Gasteiger partial charge in [-0.25, -0.2) is 13.6 Å². The maximum absolute atomic E-state index is 13.8. The molecule has 0 aliphatic carbocycles. The standard InChI is InChI=1S/C19H13F5N2O4S/c1-2-13(17(28)29)26-14-7-11(20)12(21)8-15(14)31-18(26)25-16(27)9-3-5-10(6-4-9)30-19(22,23)24/h3-8,13H,2H2,1H3,(H,28,29)/b25-18-. The van der Waals surface area contributed by atoms with E-state index in [1.54, 1.807) is 6.92 Å². The van der Waals surface area contributed by atoms with Crippen molar-refractivity contribution < 1.29 is 41.4 Å². The first kappa shape index (κ1) is 22.4. The monoisotopic (exact) mass is 460 g/mol. The predicted molar refractivity (Wildman–Crippen MR) is 99.7 cm³/mol. The van der Waals surface area contributed by atoms with E-state index in [1.807, 2.05) is 0 Å². The third kappa shape index (κ3) is 4.90. The quantitative estimate of drug-likeness (QED) is 0.562. The third-order valence-electron chi connectivity index (χ3n) is 4.18. The van der Waals surface area contributed by atoms with Crippen LogP contribution in [-0.4, -0.2) is 27.9 Å². The summed E-state index contributed by atoms with van der Waals surface area (Å²) in [6.07, 6.45) is -4.83. The van der Waals surface area contributed by atoms with Crippen LogP contribution in [0.3, 0.4) is 0 Å². The average Bonchev–Trinajstić information content (AvgIpc) is 2.98. The van der Waals surface area contributed by atoms with Gasteiger partial charge in [-0.15, -0.1) is 13.2 Å². The smallest absolute Gasteiger partial charge is 0.480 e. The van der Waals surface area contributed by atoms with E-state index in [-0.39, 0.29) is 27.0 Å². The average molecular weight is 460 g/mol. The summed E-state index contributed by atoms with van der Waals surface area (Å²) >= 11 is 0.774. The Balaban J connectivity index is 2.10. The lowest BCUT2D eigenvalue weighted by Crippen LogP contribution is -2.27. The highest BCUT2D eigenvalue weighted by Gasteiger charge is 2.31. The molecule has 3 aromatic rings. The number of nitrogens with zero attached hydrogens (tertiary/aromatic N) is 2. The summed E-state index contributed by atoms with van der Waals surface area (Å²) < 4.78 is 69.2. The number of amides is 1. The van der Waals surface area contributed by atoms with E-state index < -0.39 is 41.7 Å². The van der Waals surface area contributed by atoms with Gasteiger partial charge in [0.15, 0.2) is 16.4 Å². The number of carboxylic acid groups (broad SMARTS) is 1. The fourth-order valence-electron chi connectivity index (χ4n) is 2.83. The van der Waals surface area contributed by atoms with Crippen LogP contribution in [0.25, 0.3) is 10.2 Å². The minimum Gasteiger partial charge on any atom is -0.480 e. The summed E-state index contributed by atoms with van der Waals surface area (Å²) in [6, 6.07) is 4.43. The molecule has 1 N–H and O–H groups in total. The number of carboxylic acids is 1. The number of hydrogen-bond donors (Lipinski definition) is 1. The van der Waals surface area contributed by atoms with Crippen LogP contribution >= 0.6 is 11.3 Å². The first-order valence-electron chi connectivity index (χ1n) is 8.68. The minimum absolute atomic E-state index is 0.0404. The Labute approximate surface area is 174 Å². The first-order valence-corrected chi connectivity index (χ1v) is 9.49. The number of benzene rings is 2. The Bertz CT molecular complexity index is 1210. The molecule has 1 aromatic heterocycles. The van der Waals surface area contributed by atoms with Gasteiger partial charge in [-0.1, -0.05) is 18.3 Å². The molecule has 0 fully saturated rings. The fraction of sp³-hybridized carbons (Fsp3) is 0.211. The van der Waals surface area contributed by atoms with Crippen LogP contribution in [0.1, 0.15) is 29.7 Å². The largest absolute Gasteiger partial charge is 0.573 e. The number of ether oxygens (including phenoxy) is 1. The number of carbonyl (C=O) groups is 2. The Hall–Kier alpha value is -3.28. The molecular formula is C19H13F5N2O4S. The van der Waals surface area contributed by atoms with Crippen molar-refractivity contribution in [2.75, 3.05) is 0 Å². The number of thiazole rings is 1. The van der Waals surface area contributed by atoms with Crippen molar-refractivity contribution in [2.24, 2.45) is 4.99 Å². The molecule has 0 aliphatic rings. The molecule has 0 spiro atoms. The number of rotatable bonds is 5. The van der Waals surface area contributed by atoms with Crippen molar-refractivity contribution in [3.63, 3.8) is 0 Å². The van der Waals surface area contributed by atoms with Gasteiger partial charge in [-0.3, -0.25) is 4.79 Å². The van der Waals surface area contributed by atoms with Crippen LogP contribution in [0, 0.1) is 11.6 Å². The van der Waals surface area contributed by atoms with Gasteiger partial charge in [0.25, 0.3) is 5.91 Å². The molecule has 1 unspecified atom stereocenters. The summed E-state index contributed by atoms with van der Waals surface area (Å²) in [5, 5.41) is 9.51. The second-order valence-corrected chi connectivity index (χ2v) is 7.25. The van der Waals surface area contributed by atoms with Gasteiger partial charge in [0.2, 0.25) is 0 Å². The molecule has 0 aliphatic heterocycles. The Morgan fingerprint density at radius 2 is 1.77 bits per heavy atom. The Morgan fingerprint density at radius 3 is 2.32 bits per heavy atom. The minimum atomic E-state index is -4.89. The second-order valence-electron chi connectivity index (χ2n) is 6.24. The number of hydrogen-bond acceptors (Lipinski definition) is 4. The summed E-state index contributed by atoms with van der Waals surface area (Å²) in [4.78, 5) is 27.9. The van der Waals surface area contributed by atoms with Crippen molar-refractivity contribution >= 4 is 33.4 Å². The third-order valence-corrected chi connectivity index (χ3v) is 5.20. The van der Waals surface area contributed by atoms with Crippen LogP contribution < -0.4 is 9.54 Å². The molecule has 0 saturated carbocycles. The molecule has 0 saturated heterocycles. The van der Waals surface area contributed by atoms with E-state index in [9.17, 15) is 36.6 Å². The number of halogens is 5. The molecule has 3 rings (SSSR count). The lowest BCUT2D eigenvalue weighted by molar-refractivity contribution is -0.274. The van der Waals surface area contributed by atoms with Gasteiger partial charge in [0, 0.05) is 11.6 Å². The van der Waals surface area contributed by atoms with Crippen LogP contribution in [0.5, 0.6) is 5.75 Å². The van der Waals surface area contributed by atoms with Gasteiger partial charge in [-0.05, 0) is 36.8 Å². The van der Waals surface area contributed by atoms with Crippen molar-refractivity contribution in [1.29, 1.82) is 0 Å². The summed E-state index contributed by atoms with van der Waals surface area (Å²) in [6.45, 7) is 1.56. The summed E-state index contributed by atoms with van der Waals surface area (Å²) in [5.41, 5.74) is -0.0575. The molecule has 31 heavy (non-hydrogen) atoms. The normalized spacial score (nSPS) is 13.4. The molecule has 1 amide bonds. The Kier molecular flexibility index (Phi) is 6.11. The number of carbonyl (C=O) groups excluding carboxylic acids is 1. The molecule has 0 bridgehead atoms. The van der Waals surface area contributed by atoms with E-state index in [0.29, 0.717) is 0 Å². The van der Waals surface area contributed by atoms with Gasteiger partial charge in [0.05, 0.1) is 10.2 Å². The molecule has 2 aromatic carbocycles. The SMILES string of the molecule is CCC(C(=O)O)n1/c(=N/C(=O)c2ccc(OC(F)(F)F)cc2)sc2cc(F)c(F)cc21. The van der Waals surface area contributed by atoms with Gasteiger partial charge >= 0.3 is 12.3 Å². The molecule has 164 valence electrons. The molecule has 0 radical (unpaired) electrons. The highest BCUT2D eigenvalue weighted by Crippen LogP contribution is 2.26. The fourth-order valence-corrected chi connectivity index (χ4v) is 3.91. The maximum atomic E-state index is 13.8. The lowest BCUT2D eigenvalue weighted by Gasteiger charge is -2.13. The number of aliphatic carboxylic acids is 1. The molecular weight excluding hydrogens is 447 g/mol. The number of alkyl halides is 3. The predicted octanol–water partition coefficient (Wildman–Crippen LogP) is 4.66. The van der Waals surface area contributed by atoms with E-state index in [2.05, 4.69) is 9.73 Å². The van der Waals surface area contributed by atoms with E-state index >= 15 is 0 Å². The topological polar surface area (TPSA) is 80.9 Å². The van der Waals surface area contributed by atoms with Crippen molar-refractivity contribution in [2.45, 2.75) is 25.7 Å². The van der Waals surface area contributed by atoms with Gasteiger partial charge in [0.1, 0.15) is 11.8 Å². The molecule has 1 heterocycles. The molecule has 1 atom stereocenters. The van der Waals surface area contributed by atoms with Gasteiger partial charge in [-0.2, -0.15) is 4.99 Å². The zero-order chi connectivity index (χ0) is 22.9. The van der Waals surface area contributed by atoms with E-state index in [1.165, 1.54) is 0 Å². The van der Waals surface area contributed by atoms with Crippen LogP contribution in [-0.2, 0) is 4.79 Å². The number of fused-ring (bicyclic) bond motifs is 1. The van der Waals surface area contributed by atoms with E-state index in [4.69, 9.17) is 0 Å². The van der Waals surface area contributed by atoms with Crippen molar-refractivity contribution in [3.05, 3.63) is 58.4 Å². The molecule has 12 heteroatoms. The summed E-state index contributed by atoms with van der Waals surface area (Å²) in [5.74, 6) is -5.04.